The molecule has 1 amide bonds. The van der Waals surface area contributed by atoms with Crippen LogP contribution in [0, 0.1) is 20.8 Å². The van der Waals surface area contributed by atoms with E-state index in [9.17, 15) is 18.0 Å². The maximum atomic E-state index is 13.0. The highest BCUT2D eigenvalue weighted by Crippen LogP contribution is 2.31. The van der Waals surface area contributed by atoms with E-state index < -0.39 is 11.9 Å². The van der Waals surface area contributed by atoms with Crippen LogP contribution in [0.2, 0.25) is 0 Å². The number of fused-ring (bicyclic) bond motifs is 1. The first-order valence-electron chi connectivity index (χ1n) is 10.1. The third kappa shape index (κ3) is 4.39. The Morgan fingerprint density at radius 3 is 2.36 bits per heavy atom. The van der Waals surface area contributed by atoms with Gasteiger partial charge in [0, 0.05) is 35.8 Å². The van der Waals surface area contributed by atoms with E-state index in [4.69, 9.17) is 0 Å². The largest absolute Gasteiger partial charge is 0.433 e. The fourth-order valence-electron chi connectivity index (χ4n) is 3.62. The van der Waals surface area contributed by atoms with Crippen molar-refractivity contribution in [2.75, 3.05) is 11.9 Å². The number of amides is 1. The van der Waals surface area contributed by atoms with Crippen molar-refractivity contribution >= 4 is 22.6 Å². The Morgan fingerprint density at radius 1 is 0.939 bits per heavy atom. The molecule has 3 aromatic heterocycles. The van der Waals surface area contributed by atoms with Crippen molar-refractivity contribution in [2.24, 2.45) is 0 Å². The number of carbonyl (C=O) groups excluding carboxylic acids is 1. The van der Waals surface area contributed by atoms with Crippen LogP contribution in [0.1, 0.15) is 32.9 Å². The lowest BCUT2D eigenvalue weighted by molar-refractivity contribution is -0.141. The molecular formula is C24H20F3N5O. The van der Waals surface area contributed by atoms with Gasteiger partial charge in [-0.15, -0.1) is 0 Å². The molecule has 0 radical (unpaired) electrons. The van der Waals surface area contributed by atoms with Crippen LogP contribution in [0.5, 0.6) is 0 Å². The lowest BCUT2D eigenvalue weighted by Crippen LogP contribution is -2.27. The van der Waals surface area contributed by atoms with Crippen LogP contribution in [0.3, 0.4) is 0 Å². The summed E-state index contributed by atoms with van der Waals surface area (Å²) < 4.78 is 39.1. The Morgan fingerprint density at radius 2 is 1.70 bits per heavy atom. The monoisotopic (exact) mass is 451 g/mol. The van der Waals surface area contributed by atoms with Crippen molar-refractivity contribution in [1.29, 1.82) is 0 Å². The summed E-state index contributed by atoms with van der Waals surface area (Å²) in [4.78, 5) is 30.9. The van der Waals surface area contributed by atoms with Crippen molar-refractivity contribution in [3.05, 3.63) is 76.9 Å². The van der Waals surface area contributed by atoms with Gasteiger partial charge < -0.3 is 4.90 Å². The molecule has 9 heteroatoms. The van der Waals surface area contributed by atoms with Gasteiger partial charge in [0.05, 0.1) is 11.7 Å². The Labute approximate surface area is 188 Å². The molecule has 0 unspecified atom stereocenters. The van der Waals surface area contributed by atoms with Gasteiger partial charge in [0.25, 0.3) is 5.91 Å². The number of pyridine rings is 2. The van der Waals surface area contributed by atoms with E-state index in [-0.39, 0.29) is 11.4 Å². The minimum Gasteiger partial charge on any atom is -0.311 e. The number of anilines is 1. The van der Waals surface area contributed by atoms with Gasteiger partial charge in [-0.1, -0.05) is 0 Å². The van der Waals surface area contributed by atoms with E-state index in [1.807, 2.05) is 19.9 Å². The number of alkyl halides is 3. The predicted octanol–water partition coefficient (Wildman–Crippen LogP) is 5.31. The molecule has 1 aromatic carbocycles. The van der Waals surface area contributed by atoms with Gasteiger partial charge in [-0.25, -0.2) is 15.0 Å². The minimum atomic E-state index is -4.54. The molecule has 0 N–H and O–H groups in total. The zero-order valence-corrected chi connectivity index (χ0v) is 18.4. The van der Waals surface area contributed by atoms with Crippen LogP contribution in [-0.2, 0) is 6.18 Å². The number of halogens is 3. The first-order chi connectivity index (χ1) is 15.5. The van der Waals surface area contributed by atoms with Gasteiger partial charge in [-0.2, -0.15) is 13.2 Å². The summed E-state index contributed by atoms with van der Waals surface area (Å²) in [5.74, 6) is 0.195. The summed E-state index contributed by atoms with van der Waals surface area (Å²) in [7, 11) is 1.69. The predicted molar refractivity (Wildman–Crippen MR) is 119 cm³/mol. The van der Waals surface area contributed by atoms with Crippen LogP contribution in [-0.4, -0.2) is 32.9 Å². The molecule has 33 heavy (non-hydrogen) atoms. The Hall–Kier alpha value is -3.88. The van der Waals surface area contributed by atoms with Crippen molar-refractivity contribution in [2.45, 2.75) is 26.9 Å². The molecule has 0 fully saturated rings. The second-order valence-electron chi connectivity index (χ2n) is 7.80. The molecule has 0 atom stereocenters. The van der Waals surface area contributed by atoms with Crippen LogP contribution in [0.25, 0.3) is 22.4 Å². The molecule has 0 bridgehead atoms. The molecule has 0 saturated heterocycles. The smallest absolute Gasteiger partial charge is 0.311 e. The molecule has 0 spiro atoms. The summed E-state index contributed by atoms with van der Waals surface area (Å²) in [6.07, 6.45) is -1.65. The summed E-state index contributed by atoms with van der Waals surface area (Å²) in [5, 5.41) is 0. The summed E-state index contributed by atoms with van der Waals surface area (Å²) in [5.41, 5.74) is 3.33. The Balaban J connectivity index is 1.67. The van der Waals surface area contributed by atoms with E-state index in [0.717, 1.165) is 17.3 Å². The number of hydrogen-bond acceptors (Lipinski definition) is 5. The number of rotatable bonds is 3. The SMILES string of the molecule is Cc1cc(C(=O)N(C)c2ccc(-c3ncc4nc(C(F)(F)F)cc(C)c4n3)cc2C)ccn1. The maximum absolute atomic E-state index is 13.0. The molecule has 0 aliphatic heterocycles. The van der Waals surface area contributed by atoms with Crippen molar-refractivity contribution in [3.63, 3.8) is 0 Å². The maximum Gasteiger partial charge on any atom is 0.433 e. The number of carbonyl (C=O) groups is 1. The minimum absolute atomic E-state index is 0.0809. The van der Waals surface area contributed by atoms with Gasteiger partial charge in [0.15, 0.2) is 5.82 Å². The van der Waals surface area contributed by atoms with Gasteiger partial charge in [0.1, 0.15) is 11.2 Å². The lowest BCUT2D eigenvalue weighted by Gasteiger charge is -2.20. The third-order valence-corrected chi connectivity index (χ3v) is 5.29. The normalized spacial score (nSPS) is 11.6. The van der Waals surface area contributed by atoms with E-state index >= 15 is 0 Å². The number of nitrogens with zero attached hydrogens (tertiary/aromatic N) is 5. The van der Waals surface area contributed by atoms with E-state index in [1.165, 1.54) is 6.20 Å². The summed E-state index contributed by atoms with van der Waals surface area (Å²) in [6.45, 7) is 5.25. The second-order valence-corrected chi connectivity index (χ2v) is 7.80. The van der Waals surface area contributed by atoms with Gasteiger partial charge >= 0.3 is 6.18 Å². The van der Waals surface area contributed by atoms with E-state index in [1.54, 1.807) is 49.3 Å². The van der Waals surface area contributed by atoms with E-state index in [0.29, 0.717) is 33.7 Å². The average Bonchev–Trinajstić information content (AvgIpc) is 2.77. The Kier molecular flexibility index (Phi) is 5.57. The van der Waals surface area contributed by atoms with Gasteiger partial charge in [0.2, 0.25) is 0 Å². The summed E-state index contributed by atoms with van der Waals surface area (Å²) in [6, 6.07) is 9.78. The molecular weight excluding hydrogens is 431 g/mol. The molecule has 168 valence electrons. The molecule has 0 saturated carbocycles. The van der Waals surface area contributed by atoms with Crippen molar-refractivity contribution in [3.8, 4) is 11.4 Å². The topological polar surface area (TPSA) is 71.9 Å². The number of aryl methyl sites for hydroxylation is 3. The van der Waals surface area contributed by atoms with Crippen LogP contribution < -0.4 is 4.90 Å². The zero-order chi connectivity index (χ0) is 23.9. The second kappa shape index (κ2) is 8.23. The quantitative estimate of drug-likeness (QED) is 0.422. The number of aromatic nitrogens is 4. The molecule has 4 aromatic rings. The fourth-order valence-corrected chi connectivity index (χ4v) is 3.62. The van der Waals surface area contributed by atoms with Gasteiger partial charge in [-0.3, -0.25) is 9.78 Å². The van der Waals surface area contributed by atoms with Crippen LogP contribution in [0.4, 0.5) is 18.9 Å². The third-order valence-electron chi connectivity index (χ3n) is 5.29. The molecule has 4 rings (SSSR count). The van der Waals surface area contributed by atoms with Crippen molar-refractivity contribution in [1.82, 2.24) is 19.9 Å². The first-order valence-corrected chi connectivity index (χ1v) is 10.1. The zero-order valence-electron chi connectivity index (χ0n) is 18.4. The summed E-state index contributed by atoms with van der Waals surface area (Å²) >= 11 is 0. The molecule has 6 nitrogen and oxygen atoms in total. The first kappa shape index (κ1) is 22.3. The van der Waals surface area contributed by atoms with Crippen LogP contribution >= 0.6 is 0 Å². The van der Waals surface area contributed by atoms with Gasteiger partial charge in [-0.05, 0) is 68.3 Å². The average molecular weight is 451 g/mol. The Bertz CT molecular complexity index is 1380. The van der Waals surface area contributed by atoms with Crippen molar-refractivity contribution < 1.29 is 18.0 Å². The standard InChI is InChI=1S/C24H20F3N5O/c1-13-9-16(5-6-19(13)32(4)23(33)17-7-8-28-15(3)11-17)22-29-12-18-21(31-22)14(2)10-20(30-18)24(25,26)27/h5-12H,1-4H3. The molecule has 0 aliphatic carbocycles. The highest BCUT2D eigenvalue weighted by Gasteiger charge is 2.33. The highest BCUT2D eigenvalue weighted by atomic mass is 19.4. The lowest BCUT2D eigenvalue weighted by atomic mass is 10.1. The highest BCUT2D eigenvalue weighted by molar-refractivity contribution is 6.06. The molecule has 3 heterocycles. The molecule has 0 aliphatic rings. The van der Waals surface area contributed by atoms with E-state index in [2.05, 4.69) is 19.9 Å². The van der Waals surface area contributed by atoms with Crippen LogP contribution in [0.15, 0.2) is 48.8 Å². The number of benzene rings is 1. The number of hydrogen-bond donors (Lipinski definition) is 0. The fraction of sp³-hybridized carbons (Fsp3) is 0.208.